The number of benzene rings is 3. The molecule has 0 saturated heterocycles. The number of nitrogens with zero attached hydrogens (tertiary/aromatic N) is 1. The second kappa shape index (κ2) is 14.9. The Labute approximate surface area is 232 Å². The number of urea groups is 1. The summed E-state index contributed by atoms with van der Waals surface area (Å²) in [6.45, 7) is 0.973. The summed E-state index contributed by atoms with van der Waals surface area (Å²) in [6.07, 6.45) is 12.0. The normalized spacial score (nSPS) is 13.8. The van der Waals surface area contributed by atoms with Crippen LogP contribution in [0.3, 0.4) is 0 Å². The minimum Gasteiger partial charge on any atom is -0.330 e. The van der Waals surface area contributed by atoms with E-state index in [2.05, 4.69) is 28.8 Å². The number of nitrogens with two attached hydrogens (primary N) is 1. The molecule has 4 N–H and O–H groups in total. The van der Waals surface area contributed by atoms with Gasteiger partial charge >= 0.3 is 6.03 Å². The Balaban J connectivity index is 1.32. The zero-order valence-electron chi connectivity index (χ0n) is 22.6. The van der Waals surface area contributed by atoms with Crippen molar-refractivity contribution in [3.63, 3.8) is 0 Å². The summed E-state index contributed by atoms with van der Waals surface area (Å²) < 4.78 is 0. The van der Waals surface area contributed by atoms with E-state index >= 15 is 0 Å². The van der Waals surface area contributed by atoms with Crippen molar-refractivity contribution in [3.8, 4) is 0 Å². The molecular formula is C33H40N4O2. The van der Waals surface area contributed by atoms with Crippen LogP contribution in [0.5, 0.6) is 0 Å². The van der Waals surface area contributed by atoms with Crippen LogP contribution in [0.15, 0.2) is 78.9 Å². The van der Waals surface area contributed by atoms with Crippen molar-refractivity contribution in [1.29, 1.82) is 0 Å². The lowest BCUT2D eigenvalue weighted by Crippen LogP contribution is -2.41. The molecule has 204 valence electrons. The van der Waals surface area contributed by atoms with Crippen molar-refractivity contribution < 1.29 is 9.59 Å². The number of anilines is 2. The highest BCUT2D eigenvalue weighted by molar-refractivity contribution is 5.97. The third kappa shape index (κ3) is 9.11. The van der Waals surface area contributed by atoms with Gasteiger partial charge in [-0.05, 0) is 79.1 Å². The summed E-state index contributed by atoms with van der Waals surface area (Å²) in [5.41, 5.74) is 10.6. The minimum atomic E-state index is -0.303. The first-order valence-electron chi connectivity index (χ1n) is 14.1. The maximum Gasteiger partial charge on any atom is 0.322 e. The Bertz CT molecular complexity index is 1200. The molecule has 1 aliphatic carbocycles. The van der Waals surface area contributed by atoms with Gasteiger partial charge in [0.1, 0.15) is 6.54 Å². The standard InChI is InChI=1S/C33H40N4O2/c34-23-7-8-24-37(25-32(38)35-30-21-17-29(18-22-30)28-11-5-2-6-12-28)33(39)36-31-19-15-27(16-20-31)14-13-26-9-3-1-4-10-26/h1,3-4,9-10,13-22,28H,2,5-8,11-12,23-25,34H2,(H,35,38)(H,36,39). The largest absolute Gasteiger partial charge is 0.330 e. The third-order valence-corrected chi connectivity index (χ3v) is 7.20. The average Bonchev–Trinajstić information content (AvgIpc) is 2.98. The van der Waals surface area contributed by atoms with Gasteiger partial charge in [0.05, 0.1) is 0 Å². The fourth-order valence-electron chi connectivity index (χ4n) is 4.98. The molecular weight excluding hydrogens is 484 g/mol. The molecule has 1 aliphatic rings. The van der Waals surface area contributed by atoms with Crippen LogP contribution < -0.4 is 16.4 Å². The van der Waals surface area contributed by atoms with Crippen molar-refractivity contribution in [2.45, 2.75) is 50.9 Å². The predicted molar refractivity (Wildman–Crippen MR) is 162 cm³/mol. The molecule has 3 aromatic rings. The van der Waals surface area contributed by atoms with Crippen LogP contribution in [-0.2, 0) is 4.79 Å². The van der Waals surface area contributed by atoms with Gasteiger partial charge in [-0.2, -0.15) is 0 Å². The predicted octanol–water partition coefficient (Wildman–Crippen LogP) is 7.12. The fourth-order valence-corrected chi connectivity index (χ4v) is 4.98. The quantitative estimate of drug-likeness (QED) is 0.184. The summed E-state index contributed by atoms with van der Waals surface area (Å²) in [7, 11) is 0. The number of amides is 3. The van der Waals surface area contributed by atoms with E-state index in [-0.39, 0.29) is 18.5 Å². The van der Waals surface area contributed by atoms with Crippen LogP contribution in [0.4, 0.5) is 16.2 Å². The molecule has 0 bridgehead atoms. The lowest BCUT2D eigenvalue weighted by Gasteiger charge is -2.23. The van der Waals surface area contributed by atoms with Crippen LogP contribution in [0.1, 0.15) is 67.6 Å². The average molecular weight is 525 g/mol. The molecule has 0 aliphatic heterocycles. The van der Waals surface area contributed by atoms with Gasteiger partial charge in [0.15, 0.2) is 0 Å². The Hall–Kier alpha value is -3.90. The highest BCUT2D eigenvalue weighted by Gasteiger charge is 2.18. The van der Waals surface area contributed by atoms with Gasteiger partial charge in [0.25, 0.3) is 0 Å². The third-order valence-electron chi connectivity index (χ3n) is 7.20. The van der Waals surface area contributed by atoms with Crippen molar-refractivity contribution in [2.75, 3.05) is 30.3 Å². The van der Waals surface area contributed by atoms with E-state index in [9.17, 15) is 9.59 Å². The Morgan fingerprint density at radius 1 is 0.769 bits per heavy atom. The summed E-state index contributed by atoms with van der Waals surface area (Å²) >= 11 is 0. The summed E-state index contributed by atoms with van der Waals surface area (Å²) in [5, 5.41) is 5.89. The van der Waals surface area contributed by atoms with Crippen molar-refractivity contribution in [3.05, 3.63) is 95.6 Å². The van der Waals surface area contributed by atoms with E-state index in [1.165, 1.54) is 37.7 Å². The monoisotopic (exact) mass is 524 g/mol. The summed E-state index contributed by atoms with van der Waals surface area (Å²) in [5.74, 6) is 0.406. The van der Waals surface area contributed by atoms with Crippen LogP contribution >= 0.6 is 0 Å². The van der Waals surface area contributed by atoms with Crippen LogP contribution in [0.25, 0.3) is 12.2 Å². The SMILES string of the molecule is NCCCCN(CC(=O)Nc1ccc(C2CCCCC2)cc1)C(=O)Nc1ccc(C=Cc2ccccc2)cc1. The zero-order chi connectivity index (χ0) is 27.3. The van der Waals surface area contributed by atoms with E-state index in [4.69, 9.17) is 5.73 Å². The van der Waals surface area contributed by atoms with Crippen molar-refractivity contribution >= 4 is 35.5 Å². The molecule has 1 fully saturated rings. The van der Waals surface area contributed by atoms with Gasteiger partial charge in [0, 0.05) is 17.9 Å². The number of nitrogens with one attached hydrogen (secondary N) is 2. The summed E-state index contributed by atoms with van der Waals surface area (Å²) in [6, 6.07) is 25.6. The van der Waals surface area contributed by atoms with Crippen LogP contribution in [0, 0.1) is 0 Å². The van der Waals surface area contributed by atoms with Crippen LogP contribution in [-0.4, -0.2) is 36.5 Å². The Morgan fingerprint density at radius 3 is 2.05 bits per heavy atom. The number of hydrogen-bond donors (Lipinski definition) is 3. The van der Waals surface area contributed by atoms with Crippen molar-refractivity contribution in [2.24, 2.45) is 5.73 Å². The number of unbranched alkanes of at least 4 members (excludes halogenated alkanes) is 1. The molecule has 0 aromatic heterocycles. The highest BCUT2D eigenvalue weighted by atomic mass is 16.2. The topological polar surface area (TPSA) is 87.5 Å². The maximum atomic E-state index is 13.1. The summed E-state index contributed by atoms with van der Waals surface area (Å²) in [4.78, 5) is 27.5. The Morgan fingerprint density at radius 2 is 1.38 bits per heavy atom. The number of rotatable bonds is 11. The first-order chi connectivity index (χ1) is 19.1. The van der Waals surface area contributed by atoms with Gasteiger partial charge < -0.3 is 21.3 Å². The smallest absolute Gasteiger partial charge is 0.322 e. The second-order valence-electron chi connectivity index (χ2n) is 10.2. The molecule has 0 heterocycles. The number of carbonyl (C=O) groups excluding carboxylic acids is 2. The molecule has 39 heavy (non-hydrogen) atoms. The molecule has 0 spiro atoms. The molecule has 0 unspecified atom stereocenters. The maximum absolute atomic E-state index is 13.1. The van der Waals surface area contributed by atoms with Crippen LogP contribution in [0.2, 0.25) is 0 Å². The van der Waals surface area contributed by atoms with E-state index in [0.29, 0.717) is 24.7 Å². The van der Waals surface area contributed by atoms with Gasteiger partial charge in [-0.1, -0.05) is 86.0 Å². The highest BCUT2D eigenvalue weighted by Crippen LogP contribution is 2.33. The number of hydrogen-bond acceptors (Lipinski definition) is 3. The van der Waals surface area contributed by atoms with Gasteiger partial charge in [-0.25, -0.2) is 4.79 Å². The molecule has 1 saturated carbocycles. The minimum absolute atomic E-state index is 0.0291. The second-order valence-corrected chi connectivity index (χ2v) is 10.2. The fraction of sp³-hybridized carbons (Fsp3) is 0.333. The molecule has 6 heteroatoms. The van der Waals surface area contributed by atoms with Gasteiger partial charge in [-0.3, -0.25) is 4.79 Å². The molecule has 0 atom stereocenters. The first kappa shape index (κ1) is 28.1. The molecule has 3 amide bonds. The molecule has 0 radical (unpaired) electrons. The lowest BCUT2D eigenvalue weighted by molar-refractivity contribution is -0.116. The van der Waals surface area contributed by atoms with Gasteiger partial charge in [0.2, 0.25) is 5.91 Å². The van der Waals surface area contributed by atoms with E-state index in [1.807, 2.05) is 72.8 Å². The molecule has 4 rings (SSSR count). The van der Waals surface area contributed by atoms with E-state index < -0.39 is 0 Å². The lowest BCUT2D eigenvalue weighted by atomic mass is 9.84. The number of carbonyl (C=O) groups is 2. The Kier molecular flexibility index (Phi) is 10.7. The first-order valence-corrected chi connectivity index (χ1v) is 14.1. The zero-order valence-corrected chi connectivity index (χ0v) is 22.6. The van der Waals surface area contributed by atoms with Gasteiger partial charge in [-0.15, -0.1) is 0 Å². The molecule has 3 aromatic carbocycles. The van der Waals surface area contributed by atoms with Crippen molar-refractivity contribution in [1.82, 2.24) is 4.90 Å². The molecule has 6 nitrogen and oxygen atoms in total. The van der Waals surface area contributed by atoms with E-state index in [1.54, 1.807) is 4.90 Å². The van der Waals surface area contributed by atoms with E-state index in [0.717, 1.165) is 29.7 Å².